The summed E-state index contributed by atoms with van der Waals surface area (Å²) >= 11 is 0. The molecule has 4 aromatic rings. The minimum absolute atomic E-state index is 0.0935. The molecule has 0 fully saturated rings. The van der Waals surface area contributed by atoms with Gasteiger partial charge >= 0.3 is 5.69 Å². The Hall–Kier alpha value is -6.97. The van der Waals surface area contributed by atoms with Crippen molar-refractivity contribution in [3.05, 3.63) is 97.9 Å². The lowest BCUT2D eigenvalue weighted by molar-refractivity contribution is -0.386. The van der Waals surface area contributed by atoms with E-state index in [2.05, 4.69) is 0 Å². The van der Waals surface area contributed by atoms with Crippen LogP contribution in [0.25, 0.3) is 12.2 Å². The van der Waals surface area contributed by atoms with Gasteiger partial charge in [0.2, 0.25) is 5.75 Å². The normalized spacial score (nSPS) is 22.0. The minimum Gasteiger partial charge on any atom is -0.493 e. The number of ketones is 2. The molecule has 6 aliphatic rings. The van der Waals surface area contributed by atoms with Crippen LogP contribution in [0.2, 0.25) is 0 Å². The van der Waals surface area contributed by atoms with Crippen LogP contribution in [-0.4, -0.2) is 81.6 Å². The molecule has 10 rings (SSSR count). The van der Waals surface area contributed by atoms with Gasteiger partial charge in [-0.1, -0.05) is 0 Å². The Morgan fingerprint density at radius 1 is 0.629 bits per heavy atom. The molecule has 0 aromatic heterocycles. The zero-order valence-electron chi connectivity index (χ0n) is 35.0. The first-order valence-corrected chi connectivity index (χ1v) is 19.7. The Bertz CT molecular complexity index is 2670. The standard InChI is InChI=1S/C23H21FO6.C23H21NO8/c1-23(2)6-5-11-21-13(7-14(24)22(11)30-23)20(25)19-12-8-16(26-3)17(27-4)9-15(12)28-10-18(19)29-21;1-23(2)6-5-11-21-13(7-14(24(26)27)22(11)32-23)20(25)19-12-8-16(28-3)17(29-4)9-15(12)30-10-18(19)31-21/h5-9,18-19H,10H2,1-4H3;5-9,18-19H,10H2,1-4H3/i24-1;. The first-order chi connectivity index (χ1) is 29.6. The average molecular weight is 851 g/mol. The maximum atomic E-state index is 14.9. The second kappa shape index (κ2) is 14.6. The molecule has 6 heterocycles. The Morgan fingerprint density at radius 2 is 1.05 bits per heavy atom. The van der Waals surface area contributed by atoms with Gasteiger partial charge in [-0.2, -0.15) is 0 Å². The number of nitro benzene ring substituents is 1. The summed E-state index contributed by atoms with van der Waals surface area (Å²) in [5, 5.41) is 11.8. The van der Waals surface area contributed by atoms with Crippen LogP contribution in [-0.2, 0) is 0 Å². The molecular formula is C46H42FNO14. The zero-order chi connectivity index (χ0) is 44.0. The van der Waals surface area contributed by atoms with Crippen molar-refractivity contribution in [2.45, 2.75) is 62.9 Å². The first kappa shape index (κ1) is 40.4. The molecule has 4 unspecified atom stereocenters. The van der Waals surface area contributed by atoms with Crippen LogP contribution in [0.1, 0.15) is 82.5 Å². The summed E-state index contributed by atoms with van der Waals surface area (Å²) in [5.74, 6) is 1.29. The van der Waals surface area contributed by atoms with Gasteiger partial charge < -0.3 is 47.4 Å². The fourth-order valence-electron chi connectivity index (χ4n) is 8.61. The van der Waals surface area contributed by atoms with Gasteiger partial charge in [0.05, 0.1) is 67.5 Å². The quantitative estimate of drug-likeness (QED) is 0.140. The van der Waals surface area contributed by atoms with Gasteiger partial charge in [0.1, 0.15) is 59.6 Å². The maximum Gasteiger partial charge on any atom is 0.312 e. The van der Waals surface area contributed by atoms with Crippen LogP contribution in [0.15, 0.2) is 48.6 Å². The lowest BCUT2D eigenvalue weighted by Crippen LogP contribution is -2.43. The summed E-state index contributed by atoms with van der Waals surface area (Å²) in [6.45, 7) is 7.58. The van der Waals surface area contributed by atoms with Gasteiger partial charge in [-0.3, -0.25) is 19.7 Å². The average Bonchev–Trinajstić information content (AvgIpc) is 3.24. The van der Waals surface area contributed by atoms with Crippen LogP contribution in [0, 0.1) is 15.9 Å². The summed E-state index contributed by atoms with van der Waals surface area (Å²) in [4.78, 5) is 38.4. The predicted octanol–water partition coefficient (Wildman–Crippen LogP) is 8.06. The molecule has 62 heavy (non-hydrogen) atoms. The van der Waals surface area contributed by atoms with E-state index >= 15 is 0 Å². The van der Waals surface area contributed by atoms with Crippen LogP contribution in [0.4, 0.5) is 10.1 Å². The largest absolute Gasteiger partial charge is 0.493 e. The van der Waals surface area contributed by atoms with Crippen LogP contribution in [0.3, 0.4) is 0 Å². The Kier molecular flexibility index (Phi) is 9.52. The third-order valence-electron chi connectivity index (χ3n) is 11.6. The molecule has 0 amide bonds. The molecule has 0 saturated heterocycles. The number of methoxy groups -OCH3 is 4. The number of nitro groups is 1. The Morgan fingerprint density at radius 3 is 1.50 bits per heavy atom. The zero-order valence-corrected chi connectivity index (χ0v) is 35.0. The van der Waals surface area contributed by atoms with Crippen molar-refractivity contribution < 1.29 is 66.3 Å². The lowest BCUT2D eigenvalue weighted by atomic mass is 9.81. The number of carbonyl (C=O) groups excluding carboxylic acids is 2. The van der Waals surface area contributed by atoms with E-state index in [9.17, 15) is 24.1 Å². The molecule has 0 radical (unpaired) electrons. The van der Waals surface area contributed by atoms with Crippen LogP contribution >= 0.6 is 0 Å². The van der Waals surface area contributed by atoms with Gasteiger partial charge in [0.15, 0.2) is 46.1 Å². The summed E-state index contributed by atoms with van der Waals surface area (Å²) in [6.07, 6.45) is 5.91. The summed E-state index contributed by atoms with van der Waals surface area (Å²) in [7, 11) is 6.07. The molecule has 0 saturated carbocycles. The molecule has 15 nitrogen and oxygen atoms in total. The van der Waals surface area contributed by atoms with Crippen molar-refractivity contribution in [3.8, 4) is 57.5 Å². The number of benzene rings is 4. The minimum atomic E-state index is -0.726. The fourth-order valence-corrected chi connectivity index (χ4v) is 8.61. The van der Waals surface area contributed by atoms with E-state index in [0.29, 0.717) is 62.5 Å². The Labute approximate surface area is 355 Å². The number of Topliss-reactive ketones (excluding diaryl/α,β-unsaturated/α-hetero) is 2. The predicted molar refractivity (Wildman–Crippen MR) is 220 cm³/mol. The highest BCUT2D eigenvalue weighted by atomic mass is 18.2. The number of nitrogens with zero attached hydrogens (tertiary/aromatic N) is 1. The molecule has 0 spiro atoms. The number of hydrogen-bond acceptors (Lipinski definition) is 14. The third-order valence-corrected chi connectivity index (χ3v) is 11.6. The maximum absolute atomic E-state index is 14.9. The first-order valence-electron chi connectivity index (χ1n) is 19.7. The van der Waals surface area contributed by atoms with Gasteiger partial charge in [-0.25, -0.2) is 4.39 Å². The van der Waals surface area contributed by atoms with Gasteiger partial charge in [0, 0.05) is 29.3 Å². The monoisotopic (exact) mass is 850 g/mol. The van der Waals surface area contributed by atoms with Crippen molar-refractivity contribution in [3.63, 3.8) is 0 Å². The highest BCUT2D eigenvalue weighted by Crippen LogP contribution is 2.53. The van der Waals surface area contributed by atoms with E-state index < -0.39 is 46.0 Å². The molecular weight excluding hydrogens is 808 g/mol. The Balaban J connectivity index is 0.000000158. The van der Waals surface area contributed by atoms with Crippen molar-refractivity contribution in [2.24, 2.45) is 0 Å². The number of halogens is 1. The molecule has 4 atom stereocenters. The van der Waals surface area contributed by atoms with E-state index in [-0.39, 0.29) is 58.8 Å². The smallest absolute Gasteiger partial charge is 0.312 e. The highest BCUT2D eigenvalue weighted by molar-refractivity contribution is 6.08. The highest BCUT2D eigenvalue weighted by Gasteiger charge is 2.48. The van der Waals surface area contributed by atoms with Crippen LogP contribution in [0.5, 0.6) is 57.5 Å². The molecule has 4 aromatic carbocycles. The summed E-state index contributed by atoms with van der Waals surface area (Å²) in [5.41, 5.74) is 0.740. The van der Waals surface area contributed by atoms with E-state index in [0.717, 1.165) is 0 Å². The summed E-state index contributed by atoms with van der Waals surface area (Å²) < 4.78 is 72.1. The molecule has 6 aliphatic heterocycles. The topological polar surface area (TPSA) is 170 Å². The van der Waals surface area contributed by atoms with Gasteiger partial charge in [-0.15, -0.1) is 0 Å². The number of ether oxygens (including phenoxy) is 10. The number of hydrogen-bond donors (Lipinski definition) is 0. The SMILES string of the molecule is COc1cc2c(cc1OC)C1C(=O)c3cc([18F])c4c(c3OC1CO2)C=CC(C)(C)O4.COc1cc2c(cc1OC)C1C(=O)c3cc([N+](=O)[O-])c4c(c3OC1CO2)C=CC(C)(C)O4. The second-order valence-corrected chi connectivity index (χ2v) is 16.4. The van der Waals surface area contributed by atoms with Crippen LogP contribution < -0.4 is 47.4 Å². The van der Waals surface area contributed by atoms with Gasteiger partial charge in [0.25, 0.3) is 0 Å². The van der Waals surface area contributed by atoms with E-state index in [4.69, 9.17) is 47.4 Å². The number of fused-ring (bicyclic) bond motifs is 12. The molecule has 0 aliphatic carbocycles. The van der Waals surface area contributed by atoms with E-state index in [1.54, 1.807) is 56.3 Å². The summed E-state index contributed by atoms with van der Waals surface area (Å²) in [6, 6.07) is 9.23. The van der Waals surface area contributed by atoms with Crippen molar-refractivity contribution in [1.29, 1.82) is 0 Å². The van der Waals surface area contributed by atoms with Gasteiger partial charge in [-0.05, 0) is 70.2 Å². The van der Waals surface area contributed by atoms with Crippen molar-refractivity contribution in [1.82, 2.24) is 0 Å². The molecule has 16 heteroatoms. The molecule has 0 N–H and O–H groups in total. The fraction of sp³-hybridized carbons (Fsp3) is 0.348. The third kappa shape index (κ3) is 6.46. The van der Waals surface area contributed by atoms with E-state index in [1.165, 1.54) is 40.6 Å². The molecule has 322 valence electrons. The second-order valence-electron chi connectivity index (χ2n) is 16.4. The molecule has 0 bridgehead atoms. The lowest BCUT2D eigenvalue weighted by Gasteiger charge is -2.39. The van der Waals surface area contributed by atoms with Crippen molar-refractivity contribution in [2.75, 3.05) is 41.7 Å². The van der Waals surface area contributed by atoms with E-state index in [1.807, 2.05) is 19.9 Å². The number of carbonyl (C=O) groups is 2. The van der Waals surface area contributed by atoms with Crippen molar-refractivity contribution >= 4 is 29.4 Å². The number of rotatable bonds is 5.